The van der Waals surface area contributed by atoms with E-state index in [1.807, 2.05) is 0 Å². The summed E-state index contributed by atoms with van der Waals surface area (Å²) in [5, 5.41) is 18.3. The molecule has 56 valence electrons. The molecular formula is C6H16NO2+. The van der Waals surface area contributed by atoms with Crippen LogP contribution in [0.1, 0.15) is 27.7 Å². The Balaban J connectivity index is 4.01. The van der Waals surface area contributed by atoms with Crippen molar-refractivity contribution in [2.75, 3.05) is 0 Å². The van der Waals surface area contributed by atoms with Crippen LogP contribution < -0.4 is 0 Å². The van der Waals surface area contributed by atoms with E-state index in [4.69, 9.17) is 10.4 Å². The lowest BCUT2D eigenvalue weighted by Gasteiger charge is -2.28. The zero-order valence-corrected chi connectivity index (χ0v) is 6.50. The van der Waals surface area contributed by atoms with E-state index in [1.165, 1.54) is 0 Å². The summed E-state index contributed by atoms with van der Waals surface area (Å²) in [5.41, 5.74) is 0. The van der Waals surface area contributed by atoms with E-state index in [0.717, 1.165) is 0 Å². The van der Waals surface area contributed by atoms with E-state index in [0.29, 0.717) is 0 Å². The average molecular weight is 134 g/mol. The molecule has 0 atom stereocenters. The summed E-state index contributed by atoms with van der Waals surface area (Å²) >= 11 is 0. The Kier molecular flexibility index (Phi) is 2.61. The molecule has 0 aromatic carbocycles. The fourth-order valence-corrected chi connectivity index (χ4v) is 0.596. The van der Waals surface area contributed by atoms with Gasteiger partial charge in [-0.05, 0) is 32.5 Å². The fourth-order valence-electron chi connectivity index (χ4n) is 0.596. The zero-order valence-electron chi connectivity index (χ0n) is 6.50. The summed E-state index contributed by atoms with van der Waals surface area (Å²) in [6, 6.07) is -0.324. The van der Waals surface area contributed by atoms with Crippen molar-refractivity contribution in [3.8, 4) is 0 Å². The van der Waals surface area contributed by atoms with Gasteiger partial charge in [0.2, 0.25) is 0 Å². The van der Waals surface area contributed by atoms with Crippen LogP contribution in [0.5, 0.6) is 0 Å². The Morgan fingerprint density at radius 1 is 0.889 bits per heavy atom. The highest BCUT2D eigenvalue weighted by molar-refractivity contribution is 4.37. The van der Waals surface area contributed by atoms with Crippen LogP contribution in [0.15, 0.2) is 0 Å². The number of quaternary nitrogens is 1. The number of rotatable bonds is 2. The minimum atomic E-state index is -0.889. The molecule has 0 rings (SSSR count). The van der Waals surface area contributed by atoms with Crippen molar-refractivity contribution in [2.45, 2.75) is 39.8 Å². The summed E-state index contributed by atoms with van der Waals surface area (Å²) < 4.78 is 0. The predicted octanol–water partition coefficient (Wildman–Crippen LogP) is 1.40. The molecule has 0 aliphatic heterocycles. The van der Waals surface area contributed by atoms with Crippen LogP contribution in [-0.2, 0) is 0 Å². The molecule has 2 N–H and O–H groups in total. The Hall–Kier alpha value is -0.120. The standard InChI is InChI=1S/C6H16NO2/c1-5(2)7(8,9)6(3)4/h5-6,8-9H,1-4H3/q+1. The van der Waals surface area contributed by atoms with Gasteiger partial charge >= 0.3 is 0 Å². The number of hydrogen-bond donors (Lipinski definition) is 2. The third-order valence-electron chi connectivity index (χ3n) is 1.52. The number of nitrogens with zero attached hydrogens (tertiary/aromatic N) is 1. The van der Waals surface area contributed by atoms with Gasteiger partial charge in [-0.3, -0.25) is 0 Å². The molecule has 0 saturated carbocycles. The summed E-state index contributed by atoms with van der Waals surface area (Å²) in [6.07, 6.45) is 0. The predicted molar refractivity (Wildman–Crippen MR) is 34.1 cm³/mol. The van der Waals surface area contributed by atoms with Crippen LogP contribution >= 0.6 is 0 Å². The summed E-state index contributed by atoms with van der Waals surface area (Å²) in [6.45, 7) is 7.06. The largest absolute Gasteiger partial charge is 0.182 e. The lowest BCUT2D eigenvalue weighted by molar-refractivity contribution is -1.27. The van der Waals surface area contributed by atoms with E-state index < -0.39 is 4.81 Å². The van der Waals surface area contributed by atoms with Gasteiger partial charge < -0.3 is 0 Å². The van der Waals surface area contributed by atoms with Gasteiger partial charge in [0.05, 0.1) is 0 Å². The van der Waals surface area contributed by atoms with Crippen molar-refractivity contribution in [3.05, 3.63) is 0 Å². The van der Waals surface area contributed by atoms with Gasteiger partial charge in [-0.2, -0.15) is 10.4 Å². The van der Waals surface area contributed by atoms with Crippen molar-refractivity contribution >= 4 is 0 Å². The molecule has 0 unspecified atom stereocenters. The Labute approximate surface area is 56.0 Å². The maximum absolute atomic E-state index is 9.16. The number of hydrogen-bond acceptors (Lipinski definition) is 2. The first kappa shape index (κ1) is 8.88. The fraction of sp³-hybridized carbons (Fsp3) is 1.00. The quantitative estimate of drug-likeness (QED) is 0.442. The molecule has 0 fully saturated rings. The lowest BCUT2D eigenvalue weighted by atomic mass is 10.3. The molecule has 0 bridgehead atoms. The van der Waals surface area contributed by atoms with Gasteiger partial charge in [-0.1, -0.05) is 0 Å². The third kappa shape index (κ3) is 1.93. The first-order chi connectivity index (χ1) is 3.89. The molecular weight excluding hydrogens is 118 g/mol. The van der Waals surface area contributed by atoms with Crippen LogP contribution in [0, 0.1) is 0 Å². The molecule has 3 heteroatoms. The minimum Gasteiger partial charge on any atom is -0.182 e. The van der Waals surface area contributed by atoms with E-state index in [-0.39, 0.29) is 12.1 Å². The second kappa shape index (κ2) is 2.64. The van der Waals surface area contributed by atoms with Crippen LogP contribution in [0.4, 0.5) is 0 Å². The maximum Gasteiger partial charge on any atom is 0.146 e. The molecule has 0 spiro atoms. The molecule has 0 saturated heterocycles. The molecule has 0 aliphatic carbocycles. The topological polar surface area (TPSA) is 40.5 Å². The van der Waals surface area contributed by atoms with E-state index >= 15 is 0 Å². The molecule has 0 radical (unpaired) electrons. The van der Waals surface area contributed by atoms with Crippen molar-refractivity contribution in [2.24, 2.45) is 0 Å². The smallest absolute Gasteiger partial charge is 0.146 e. The molecule has 3 nitrogen and oxygen atoms in total. The summed E-state index contributed by atoms with van der Waals surface area (Å²) in [7, 11) is 0. The Morgan fingerprint density at radius 3 is 1.11 bits per heavy atom. The second-order valence-electron chi connectivity index (χ2n) is 2.89. The average Bonchev–Trinajstić information content (AvgIpc) is 1.65. The van der Waals surface area contributed by atoms with Gasteiger partial charge in [0.25, 0.3) is 0 Å². The van der Waals surface area contributed by atoms with Gasteiger partial charge in [-0.25, -0.2) is 0 Å². The highest BCUT2D eigenvalue weighted by Gasteiger charge is 2.31. The minimum absolute atomic E-state index is 0.162. The maximum atomic E-state index is 9.16. The van der Waals surface area contributed by atoms with Gasteiger partial charge in [0.15, 0.2) is 0 Å². The first-order valence-corrected chi connectivity index (χ1v) is 3.23. The zero-order chi connectivity index (χ0) is 7.65. The molecule has 9 heavy (non-hydrogen) atoms. The molecule has 0 aliphatic rings. The SMILES string of the molecule is CC(C)[N+](O)(O)C(C)C. The van der Waals surface area contributed by atoms with E-state index in [9.17, 15) is 0 Å². The highest BCUT2D eigenvalue weighted by Crippen LogP contribution is 2.09. The highest BCUT2D eigenvalue weighted by atomic mass is 16.8. The van der Waals surface area contributed by atoms with Crippen molar-refractivity contribution in [1.82, 2.24) is 0 Å². The van der Waals surface area contributed by atoms with E-state index in [2.05, 4.69) is 0 Å². The summed E-state index contributed by atoms with van der Waals surface area (Å²) in [5.74, 6) is 0. The van der Waals surface area contributed by atoms with Crippen molar-refractivity contribution < 1.29 is 15.2 Å². The van der Waals surface area contributed by atoms with Crippen molar-refractivity contribution in [3.63, 3.8) is 0 Å². The van der Waals surface area contributed by atoms with Gasteiger partial charge in [-0.15, -0.1) is 0 Å². The Morgan fingerprint density at radius 2 is 1.11 bits per heavy atom. The molecule has 0 amide bonds. The van der Waals surface area contributed by atoms with Crippen LogP contribution in [-0.4, -0.2) is 27.3 Å². The van der Waals surface area contributed by atoms with Gasteiger partial charge in [0, 0.05) is 0 Å². The second-order valence-corrected chi connectivity index (χ2v) is 2.89. The Bertz CT molecular complexity index is 79.1. The molecule has 0 aromatic rings. The lowest BCUT2D eigenvalue weighted by Crippen LogP contribution is -2.52. The summed E-state index contributed by atoms with van der Waals surface area (Å²) in [4.78, 5) is -0.889. The van der Waals surface area contributed by atoms with Crippen molar-refractivity contribution in [1.29, 1.82) is 0 Å². The first-order valence-electron chi connectivity index (χ1n) is 3.23. The molecule has 0 heterocycles. The third-order valence-corrected chi connectivity index (χ3v) is 1.52. The van der Waals surface area contributed by atoms with Crippen LogP contribution in [0.25, 0.3) is 0 Å². The monoisotopic (exact) mass is 134 g/mol. The van der Waals surface area contributed by atoms with Crippen LogP contribution in [0.2, 0.25) is 0 Å². The molecule has 0 aromatic heterocycles. The number of hydroxylamine groups is 4. The van der Waals surface area contributed by atoms with Crippen LogP contribution in [0.3, 0.4) is 0 Å². The van der Waals surface area contributed by atoms with E-state index in [1.54, 1.807) is 27.7 Å². The normalized spacial score (nSPS) is 13.3. The van der Waals surface area contributed by atoms with Gasteiger partial charge in [0.1, 0.15) is 12.1 Å².